The molecule has 1 amide bonds. The molecule has 1 aliphatic heterocycles. The fourth-order valence-electron chi connectivity index (χ4n) is 2.32. The van der Waals surface area contributed by atoms with Crippen LogP contribution in [0.1, 0.15) is 18.9 Å². The first-order valence-corrected chi connectivity index (χ1v) is 6.13. The molecule has 1 aliphatic rings. The molecule has 7 heteroatoms. The highest BCUT2D eigenvalue weighted by Gasteiger charge is 2.33. The molecule has 0 saturated carbocycles. The Bertz CT molecular complexity index is 584. The number of ether oxygens (including phenoxy) is 1. The van der Waals surface area contributed by atoms with E-state index in [1.807, 2.05) is 0 Å². The fraction of sp³-hybridized carbons (Fsp3) is 0.385. The number of amides is 1. The van der Waals surface area contributed by atoms with Crippen LogP contribution in [0, 0.1) is 10.1 Å². The van der Waals surface area contributed by atoms with Gasteiger partial charge in [0.15, 0.2) is 0 Å². The number of nitrogens with zero attached hydrogens (tertiary/aromatic N) is 2. The van der Waals surface area contributed by atoms with Crippen molar-refractivity contribution < 1.29 is 19.2 Å². The van der Waals surface area contributed by atoms with Gasteiger partial charge in [0.25, 0.3) is 5.69 Å². The van der Waals surface area contributed by atoms with Crippen LogP contribution in [0.25, 0.3) is 0 Å². The maximum atomic E-state index is 12.0. The van der Waals surface area contributed by atoms with Crippen molar-refractivity contribution in [2.24, 2.45) is 0 Å². The van der Waals surface area contributed by atoms with Gasteiger partial charge in [-0.1, -0.05) is 0 Å². The second kappa shape index (κ2) is 5.28. The van der Waals surface area contributed by atoms with Crippen molar-refractivity contribution in [3.63, 3.8) is 0 Å². The van der Waals surface area contributed by atoms with Crippen LogP contribution in [0.5, 0.6) is 0 Å². The Kier molecular flexibility index (Phi) is 3.69. The fourth-order valence-corrected chi connectivity index (χ4v) is 2.32. The molecule has 0 aromatic heterocycles. The van der Waals surface area contributed by atoms with Gasteiger partial charge in [-0.3, -0.25) is 19.8 Å². The van der Waals surface area contributed by atoms with Gasteiger partial charge in [-0.05, 0) is 25.0 Å². The molecular weight excluding hydrogens is 264 g/mol. The quantitative estimate of drug-likeness (QED) is 0.474. The number of hydrogen-bond acceptors (Lipinski definition) is 5. The van der Waals surface area contributed by atoms with E-state index in [9.17, 15) is 19.7 Å². The van der Waals surface area contributed by atoms with Crippen LogP contribution in [-0.4, -0.2) is 30.0 Å². The number of rotatable bonds is 3. The maximum absolute atomic E-state index is 12.0. The molecule has 1 atom stereocenters. The number of nitro groups is 1. The number of nitro benzene ring substituents is 1. The smallest absolute Gasteiger partial charge is 0.328 e. The van der Waals surface area contributed by atoms with Gasteiger partial charge in [-0.15, -0.1) is 0 Å². The predicted octanol–water partition coefficient (Wildman–Crippen LogP) is 1.44. The number of methoxy groups -OCH3 is 1. The predicted molar refractivity (Wildman–Crippen MR) is 70.4 cm³/mol. The summed E-state index contributed by atoms with van der Waals surface area (Å²) in [5.74, 6) is -0.714. The van der Waals surface area contributed by atoms with Gasteiger partial charge in [0.05, 0.1) is 12.0 Å². The molecule has 106 valence electrons. The summed E-state index contributed by atoms with van der Waals surface area (Å²) in [6.07, 6.45) is 0.649. The molecule has 1 aromatic rings. The highest BCUT2D eigenvalue weighted by Crippen LogP contribution is 2.32. The van der Waals surface area contributed by atoms with Gasteiger partial charge in [-0.2, -0.15) is 0 Å². The van der Waals surface area contributed by atoms with E-state index in [1.165, 1.54) is 30.2 Å². The van der Waals surface area contributed by atoms with Crippen molar-refractivity contribution in [1.29, 1.82) is 0 Å². The van der Waals surface area contributed by atoms with E-state index < -0.39 is 16.9 Å². The molecule has 20 heavy (non-hydrogen) atoms. The highest BCUT2D eigenvalue weighted by molar-refractivity contribution is 6.01. The highest BCUT2D eigenvalue weighted by atomic mass is 16.6. The summed E-state index contributed by atoms with van der Waals surface area (Å²) in [6, 6.07) is 3.52. The van der Waals surface area contributed by atoms with Crippen molar-refractivity contribution in [3.05, 3.63) is 33.9 Å². The van der Waals surface area contributed by atoms with E-state index in [0.717, 1.165) is 0 Å². The summed E-state index contributed by atoms with van der Waals surface area (Å²) < 4.78 is 4.65. The van der Waals surface area contributed by atoms with Gasteiger partial charge < -0.3 is 4.74 Å². The molecule has 0 radical (unpaired) electrons. The third kappa shape index (κ3) is 2.34. The van der Waals surface area contributed by atoms with Crippen LogP contribution < -0.4 is 4.90 Å². The normalized spacial score (nSPS) is 15.5. The number of non-ortho nitro benzene ring substituents is 1. The monoisotopic (exact) mass is 278 g/mol. The van der Waals surface area contributed by atoms with E-state index in [1.54, 1.807) is 6.92 Å². The molecule has 1 unspecified atom stereocenters. The second-order valence-corrected chi connectivity index (χ2v) is 4.53. The summed E-state index contributed by atoms with van der Waals surface area (Å²) in [7, 11) is 1.25. The van der Waals surface area contributed by atoms with Crippen LogP contribution in [0.3, 0.4) is 0 Å². The zero-order valence-electron chi connectivity index (χ0n) is 11.2. The largest absolute Gasteiger partial charge is 0.467 e. The Morgan fingerprint density at radius 2 is 2.15 bits per heavy atom. The third-order valence-electron chi connectivity index (χ3n) is 3.34. The number of anilines is 1. The van der Waals surface area contributed by atoms with Crippen LogP contribution >= 0.6 is 0 Å². The lowest BCUT2D eigenvalue weighted by Crippen LogP contribution is -2.46. The average Bonchev–Trinajstić information content (AvgIpc) is 2.45. The van der Waals surface area contributed by atoms with E-state index in [2.05, 4.69) is 4.74 Å². The molecule has 0 N–H and O–H groups in total. The summed E-state index contributed by atoms with van der Waals surface area (Å²) in [4.78, 5) is 35.3. The molecule has 2 rings (SSSR count). The van der Waals surface area contributed by atoms with Crippen molar-refractivity contribution >= 4 is 23.3 Å². The van der Waals surface area contributed by atoms with Crippen molar-refractivity contribution in [2.45, 2.75) is 25.8 Å². The lowest BCUT2D eigenvalue weighted by atomic mass is 9.99. The molecular formula is C13H14N2O5. The standard InChI is InChI=1S/C13H14N2O5/c1-8(13(17)20-2)14-11-5-4-10(15(18)19)7-9(11)3-6-12(14)16/h4-5,7-8H,3,6H2,1-2H3. The first-order valence-electron chi connectivity index (χ1n) is 6.13. The third-order valence-corrected chi connectivity index (χ3v) is 3.34. The van der Waals surface area contributed by atoms with Crippen LogP contribution in [-0.2, 0) is 20.7 Å². The van der Waals surface area contributed by atoms with Crippen LogP contribution in [0.4, 0.5) is 11.4 Å². The van der Waals surface area contributed by atoms with E-state index >= 15 is 0 Å². The molecule has 0 saturated heterocycles. The topological polar surface area (TPSA) is 89.8 Å². The Labute approximate surface area is 115 Å². The maximum Gasteiger partial charge on any atom is 0.328 e. The summed E-state index contributed by atoms with van der Waals surface area (Å²) in [5, 5.41) is 10.8. The minimum absolute atomic E-state index is 0.0243. The lowest BCUT2D eigenvalue weighted by molar-refractivity contribution is -0.384. The van der Waals surface area contributed by atoms with Gasteiger partial charge in [0.2, 0.25) is 5.91 Å². The summed E-state index contributed by atoms with van der Waals surface area (Å²) >= 11 is 0. The number of carbonyl (C=O) groups excluding carboxylic acids is 2. The van der Waals surface area contributed by atoms with Gasteiger partial charge in [0, 0.05) is 24.2 Å². The van der Waals surface area contributed by atoms with Crippen molar-refractivity contribution in [3.8, 4) is 0 Å². The molecule has 0 bridgehead atoms. The Balaban J connectivity index is 2.44. The zero-order valence-corrected chi connectivity index (χ0v) is 11.2. The molecule has 0 aliphatic carbocycles. The molecule has 1 heterocycles. The van der Waals surface area contributed by atoms with E-state index in [-0.39, 0.29) is 18.0 Å². The van der Waals surface area contributed by atoms with Crippen LogP contribution in [0.2, 0.25) is 0 Å². The molecule has 0 spiro atoms. The molecule has 1 aromatic carbocycles. The SMILES string of the molecule is COC(=O)C(C)N1C(=O)CCc2cc([N+](=O)[O-])ccc21. The number of carbonyl (C=O) groups is 2. The number of hydrogen-bond donors (Lipinski definition) is 0. The number of fused-ring (bicyclic) bond motifs is 1. The van der Waals surface area contributed by atoms with Crippen molar-refractivity contribution in [1.82, 2.24) is 0 Å². The Morgan fingerprint density at radius 1 is 1.45 bits per heavy atom. The minimum Gasteiger partial charge on any atom is -0.467 e. The van der Waals surface area contributed by atoms with Gasteiger partial charge in [-0.25, -0.2) is 4.79 Å². The second-order valence-electron chi connectivity index (χ2n) is 4.53. The summed E-state index contributed by atoms with van der Waals surface area (Å²) in [6.45, 7) is 1.57. The molecule has 7 nitrogen and oxygen atoms in total. The first kappa shape index (κ1) is 14.0. The minimum atomic E-state index is -0.756. The number of aryl methyl sites for hydroxylation is 1. The lowest BCUT2D eigenvalue weighted by Gasteiger charge is -2.32. The van der Waals surface area contributed by atoms with E-state index in [0.29, 0.717) is 17.7 Å². The van der Waals surface area contributed by atoms with Crippen molar-refractivity contribution in [2.75, 3.05) is 12.0 Å². The first-order chi connectivity index (χ1) is 9.45. The Hall–Kier alpha value is -2.44. The number of benzene rings is 1. The molecule has 0 fully saturated rings. The van der Waals surface area contributed by atoms with E-state index in [4.69, 9.17) is 0 Å². The van der Waals surface area contributed by atoms with Gasteiger partial charge in [0.1, 0.15) is 6.04 Å². The van der Waals surface area contributed by atoms with Gasteiger partial charge >= 0.3 is 5.97 Å². The average molecular weight is 278 g/mol. The summed E-state index contributed by atoms with van der Waals surface area (Å²) in [5.41, 5.74) is 1.20. The van der Waals surface area contributed by atoms with Crippen LogP contribution in [0.15, 0.2) is 18.2 Å². The zero-order chi connectivity index (χ0) is 14.9. The Morgan fingerprint density at radius 3 is 2.75 bits per heavy atom. The number of esters is 1.